The Morgan fingerprint density at radius 1 is 1.32 bits per heavy atom. The molecule has 0 amide bonds. The van der Waals surface area contributed by atoms with Crippen LogP contribution in [0.4, 0.5) is 0 Å². The third kappa shape index (κ3) is 1.74. The van der Waals surface area contributed by atoms with E-state index in [2.05, 4.69) is 13.2 Å². The summed E-state index contributed by atoms with van der Waals surface area (Å²) in [5, 5.41) is 12.0. The summed E-state index contributed by atoms with van der Waals surface area (Å²) in [5.41, 5.74) is 1.37. The monoisotopic (exact) mass is 316 g/mol. The number of methoxy groups -OCH3 is 2. The molecule has 1 aromatic carbocycles. The normalized spacial score (nSPS) is 11.2. The lowest BCUT2D eigenvalue weighted by Gasteiger charge is -2.06. The summed E-state index contributed by atoms with van der Waals surface area (Å²) >= 11 is 5.49. The first-order chi connectivity index (χ1) is 10.5. The van der Waals surface area contributed by atoms with Crippen molar-refractivity contribution in [3.05, 3.63) is 34.8 Å². The molecule has 0 aliphatic carbocycles. The van der Waals surface area contributed by atoms with Gasteiger partial charge in [-0.05, 0) is 12.2 Å². The van der Waals surface area contributed by atoms with Crippen molar-refractivity contribution in [1.82, 2.24) is 8.97 Å². The van der Waals surface area contributed by atoms with Crippen LogP contribution in [0.5, 0.6) is 17.4 Å². The van der Waals surface area contributed by atoms with Gasteiger partial charge in [-0.1, -0.05) is 12.7 Å². The Morgan fingerprint density at radius 3 is 2.64 bits per heavy atom. The number of benzene rings is 1. The summed E-state index contributed by atoms with van der Waals surface area (Å²) in [5.74, 6) is 1.35. The van der Waals surface area contributed by atoms with E-state index in [-0.39, 0.29) is 5.88 Å². The molecule has 5 nitrogen and oxygen atoms in total. The molecule has 0 spiro atoms. The van der Waals surface area contributed by atoms with Gasteiger partial charge < -0.3 is 14.6 Å². The lowest BCUT2D eigenvalue weighted by Crippen LogP contribution is -2.00. The van der Waals surface area contributed by atoms with Gasteiger partial charge in [-0.2, -0.15) is 0 Å². The quantitative estimate of drug-likeness (QED) is 0.594. The molecular formula is C16H16N2O3S. The zero-order chi connectivity index (χ0) is 16.0. The zero-order valence-corrected chi connectivity index (χ0v) is 13.2. The standard InChI is InChI=1S/C16H16N2O3S/c1-5-6-17-15(19)14-9(2)13-11(18(14)16(17)22)7-10(20-3)8-12(13)21-4/h5,7-8,19H,1-2,6H2,3-4H3. The number of ether oxygens (including phenoxy) is 2. The maximum Gasteiger partial charge on any atom is 0.219 e. The van der Waals surface area contributed by atoms with Crippen LogP contribution in [-0.2, 0) is 6.54 Å². The van der Waals surface area contributed by atoms with Crippen LogP contribution in [-0.4, -0.2) is 28.3 Å². The van der Waals surface area contributed by atoms with Crippen LogP contribution in [0, 0.1) is 4.77 Å². The topological polar surface area (TPSA) is 48.0 Å². The van der Waals surface area contributed by atoms with Gasteiger partial charge in [-0.15, -0.1) is 6.58 Å². The maximum atomic E-state index is 10.5. The van der Waals surface area contributed by atoms with E-state index in [1.165, 1.54) is 0 Å². The fraction of sp³-hybridized carbons (Fsp3) is 0.188. The van der Waals surface area contributed by atoms with Crippen LogP contribution in [0.25, 0.3) is 23.0 Å². The van der Waals surface area contributed by atoms with Crippen LogP contribution >= 0.6 is 12.2 Å². The summed E-state index contributed by atoms with van der Waals surface area (Å²) in [7, 11) is 3.17. The molecule has 0 unspecified atom stereocenters. The van der Waals surface area contributed by atoms with Gasteiger partial charge in [-0.3, -0.25) is 8.97 Å². The molecule has 1 N–H and O–H groups in total. The molecule has 3 aromatic rings. The van der Waals surface area contributed by atoms with Crippen LogP contribution in [0.1, 0.15) is 0 Å². The lowest BCUT2D eigenvalue weighted by atomic mass is 10.2. The highest BCUT2D eigenvalue weighted by atomic mass is 32.1. The predicted molar refractivity (Wildman–Crippen MR) is 89.4 cm³/mol. The second-order valence-electron chi connectivity index (χ2n) is 4.89. The fourth-order valence-corrected chi connectivity index (χ4v) is 3.13. The van der Waals surface area contributed by atoms with Crippen LogP contribution in [0.2, 0.25) is 0 Å². The molecule has 0 saturated heterocycles. The van der Waals surface area contributed by atoms with E-state index in [1.54, 1.807) is 35.3 Å². The number of rotatable bonds is 4. The maximum absolute atomic E-state index is 10.5. The van der Waals surface area contributed by atoms with Gasteiger partial charge in [0.25, 0.3) is 0 Å². The van der Waals surface area contributed by atoms with Crippen molar-refractivity contribution in [2.24, 2.45) is 0 Å². The average Bonchev–Trinajstić information content (AvgIpc) is 2.95. The molecule has 0 aliphatic rings. The van der Waals surface area contributed by atoms with Crippen molar-refractivity contribution in [3.63, 3.8) is 0 Å². The molecule has 0 atom stereocenters. The first kappa shape index (κ1) is 14.5. The number of allylic oxidation sites excluding steroid dienone is 1. The SMILES string of the molecule is C=CCn1c(O)c2c(=C)c3c(OC)cc(OC)cc3n2c1=S. The van der Waals surface area contributed by atoms with Crippen molar-refractivity contribution in [2.45, 2.75) is 6.54 Å². The average molecular weight is 316 g/mol. The Balaban J connectivity index is 2.59. The van der Waals surface area contributed by atoms with Crippen molar-refractivity contribution in [2.75, 3.05) is 14.2 Å². The number of fused-ring (bicyclic) bond motifs is 3. The molecule has 114 valence electrons. The smallest absolute Gasteiger partial charge is 0.219 e. The van der Waals surface area contributed by atoms with Gasteiger partial charge >= 0.3 is 0 Å². The third-order valence-corrected chi connectivity index (χ3v) is 4.17. The van der Waals surface area contributed by atoms with E-state index in [0.29, 0.717) is 33.6 Å². The Labute approximate surface area is 132 Å². The summed E-state index contributed by atoms with van der Waals surface area (Å²) in [6.07, 6.45) is 1.68. The highest BCUT2D eigenvalue weighted by Gasteiger charge is 2.20. The van der Waals surface area contributed by atoms with Crippen molar-refractivity contribution >= 4 is 35.2 Å². The van der Waals surface area contributed by atoms with Gasteiger partial charge in [0.2, 0.25) is 5.88 Å². The predicted octanol–water partition coefficient (Wildman–Crippen LogP) is 2.66. The van der Waals surface area contributed by atoms with E-state index in [1.807, 2.05) is 6.07 Å². The Kier molecular flexibility index (Phi) is 3.33. The lowest BCUT2D eigenvalue weighted by molar-refractivity contribution is 0.398. The number of aromatic nitrogens is 2. The minimum absolute atomic E-state index is 0.0760. The largest absolute Gasteiger partial charge is 0.497 e. The molecule has 0 aliphatic heterocycles. The second-order valence-corrected chi connectivity index (χ2v) is 5.26. The first-order valence-corrected chi connectivity index (χ1v) is 7.07. The molecular weight excluding hydrogens is 300 g/mol. The molecule has 2 heterocycles. The Bertz CT molecular complexity index is 1000. The molecule has 22 heavy (non-hydrogen) atoms. The number of imidazole rings is 1. The third-order valence-electron chi connectivity index (χ3n) is 3.76. The Morgan fingerprint density at radius 2 is 2.05 bits per heavy atom. The van der Waals surface area contributed by atoms with E-state index in [9.17, 15) is 5.11 Å². The highest BCUT2D eigenvalue weighted by molar-refractivity contribution is 7.71. The van der Waals surface area contributed by atoms with Crippen LogP contribution in [0.15, 0.2) is 24.8 Å². The summed E-state index contributed by atoms with van der Waals surface area (Å²) in [4.78, 5) is 0. The van der Waals surface area contributed by atoms with Crippen molar-refractivity contribution in [1.29, 1.82) is 0 Å². The molecule has 6 heteroatoms. The molecule has 3 rings (SSSR count). The first-order valence-electron chi connectivity index (χ1n) is 6.66. The number of hydrogen-bond acceptors (Lipinski definition) is 4. The number of aromatic hydroxyl groups is 1. The van der Waals surface area contributed by atoms with Gasteiger partial charge in [0, 0.05) is 29.3 Å². The van der Waals surface area contributed by atoms with Gasteiger partial charge in [0.15, 0.2) is 4.77 Å². The van der Waals surface area contributed by atoms with Gasteiger partial charge in [0.1, 0.15) is 17.0 Å². The summed E-state index contributed by atoms with van der Waals surface area (Å²) in [6, 6.07) is 3.64. The minimum atomic E-state index is 0.0760. The van der Waals surface area contributed by atoms with E-state index in [4.69, 9.17) is 21.7 Å². The summed E-state index contributed by atoms with van der Waals surface area (Å²) in [6.45, 7) is 8.20. The molecule has 2 aromatic heterocycles. The zero-order valence-electron chi connectivity index (χ0n) is 12.4. The van der Waals surface area contributed by atoms with Gasteiger partial charge in [0.05, 0.1) is 19.7 Å². The van der Waals surface area contributed by atoms with Crippen LogP contribution < -0.4 is 14.7 Å². The minimum Gasteiger partial charge on any atom is -0.497 e. The van der Waals surface area contributed by atoms with Crippen LogP contribution in [0.3, 0.4) is 0 Å². The van der Waals surface area contributed by atoms with Gasteiger partial charge in [-0.25, -0.2) is 0 Å². The number of nitrogens with zero attached hydrogens (tertiary/aromatic N) is 2. The Hall–Kier alpha value is -2.47. The van der Waals surface area contributed by atoms with Crippen molar-refractivity contribution < 1.29 is 14.6 Å². The van der Waals surface area contributed by atoms with E-state index in [0.717, 1.165) is 10.9 Å². The van der Waals surface area contributed by atoms with Crippen molar-refractivity contribution in [3.8, 4) is 17.4 Å². The molecule has 0 radical (unpaired) electrons. The second kappa shape index (κ2) is 5.06. The summed E-state index contributed by atoms with van der Waals surface area (Å²) < 4.78 is 14.6. The number of hydrogen-bond donors (Lipinski definition) is 1. The molecule has 0 fully saturated rings. The fourth-order valence-electron chi connectivity index (χ4n) is 2.77. The molecule has 0 saturated carbocycles. The highest BCUT2D eigenvalue weighted by Crippen LogP contribution is 2.33. The van der Waals surface area contributed by atoms with E-state index < -0.39 is 0 Å². The van der Waals surface area contributed by atoms with E-state index >= 15 is 0 Å². The molecule has 0 bridgehead atoms.